The Labute approximate surface area is 121 Å². The average molecular weight is 291 g/mol. The first kappa shape index (κ1) is 14.8. The van der Waals surface area contributed by atoms with Crippen molar-refractivity contribution < 1.29 is 19.5 Å². The highest BCUT2D eigenvalue weighted by molar-refractivity contribution is 5.94. The number of hydrogen-bond acceptors (Lipinski definition) is 3. The zero-order valence-corrected chi connectivity index (χ0v) is 11.6. The quantitative estimate of drug-likeness (QED) is 0.651. The minimum absolute atomic E-state index is 0.0888. The van der Waals surface area contributed by atoms with Crippen molar-refractivity contribution in [2.75, 3.05) is 11.9 Å². The van der Waals surface area contributed by atoms with Crippen LogP contribution in [0.3, 0.4) is 0 Å². The Hall–Kier alpha value is -2.57. The molecular weight excluding hydrogens is 274 g/mol. The predicted molar refractivity (Wildman–Crippen MR) is 76.3 cm³/mol. The molecule has 7 heteroatoms. The first-order valence-corrected chi connectivity index (χ1v) is 6.64. The monoisotopic (exact) mass is 291 g/mol. The van der Waals surface area contributed by atoms with Crippen LogP contribution in [-0.4, -0.2) is 35.6 Å². The summed E-state index contributed by atoms with van der Waals surface area (Å²) in [5, 5.41) is 16.7. The summed E-state index contributed by atoms with van der Waals surface area (Å²) in [4.78, 5) is 33.9. The first-order chi connectivity index (χ1) is 9.95. The lowest BCUT2D eigenvalue weighted by molar-refractivity contribution is -0.120. The lowest BCUT2D eigenvalue weighted by Gasteiger charge is -2.09. The molecule has 0 saturated heterocycles. The van der Waals surface area contributed by atoms with Crippen molar-refractivity contribution >= 4 is 23.6 Å². The summed E-state index contributed by atoms with van der Waals surface area (Å²) in [5.41, 5.74) is 1.20. The molecule has 21 heavy (non-hydrogen) atoms. The van der Waals surface area contributed by atoms with Gasteiger partial charge in [0.15, 0.2) is 0 Å². The fourth-order valence-electron chi connectivity index (χ4n) is 1.82. The molecule has 0 radical (unpaired) electrons. The smallest absolute Gasteiger partial charge is 0.335 e. The van der Waals surface area contributed by atoms with E-state index in [2.05, 4.69) is 16.0 Å². The van der Waals surface area contributed by atoms with Crippen LogP contribution >= 0.6 is 0 Å². The van der Waals surface area contributed by atoms with Crippen molar-refractivity contribution in [3.05, 3.63) is 29.3 Å². The van der Waals surface area contributed by atoms with E-state index >= 15 is 0 Å². The SMILES string of the molecule is Cc1cc(NC(=O)NCC(=O)NC2CC2)ccc1C(=O)O. The highest BCUT2D eigenvalue weighted by Gasteiger charge is 2.23. The second kappa shape index (κ2) is 6.25. The normalized spacial score (nSPS) is 13.4. The Bertz CT molecular complexity index is 582. The van der Waals surface area contributed by atoms with Crippen LogP contribution in [0.5, 0.6) is 0 Å². The summed E-state index contributed by atoms with van der Waals surface area (Å²) in [5.74, 6) is -1.23. The van der Waals surface area contributed by atoms with Crippen molar-refractivity contribution in [2.45, 2.75) is 25.8 Å². The summed E-state index contributed by atoms with van der Waals surface area (Å²) in [6.07, 6.45) is 1.99. The zero-order valence-electron chi connectivity index (χ0n) is 11.6. The van der Waals surface area contributed by atoms with Gasteiger partial charge in [-0.3, -0.25) is 4.79 Å². The highest BCUT2D eigenvalue weighted by Crippen LogP contribution is 2.18. The standard InChI is InChI=1S/C14H17N3O4/c1-8-6-10(4-5-11(8)13(19)20)17-14(21)15-7-12(18)16-9-2-3-9/h4-6,9H,2-3,7H2,1H3,(H,16,18)(H,19,20)(H2,15,17,21). The van der Waals surface area contributed by atoms with Crippen molar-refractivity contribution in [1.82, 2.24) is 10.6 Å². The first-order valence-electron chi connectivity index (χ1n) is 6.64. The third-order valence-corrected chi connectivity index (χ3v) is 3.07. The Kier molecular flexibility index (Phi) is 4.42. The van der Waals surface area contributed by atoms with Crippen LogP contribution in [0.1, 0.15) is 28.8 Å². The van der Waals surface area contributed by atoms with Gasteiger partial charge in [-0.2, -0.15) is 0 Å². The number of carbonyl (C=O) groups excluding carboxylic acids is 2. The Morgan fingerprint density at radius 1 is 1.29 bits per heavy atom. The highest BCUT2D eigenvalue weighted by atomic mass is 16.4. The van der Waals surface area contributed by atoms with Gasteiger partial charge in [0.25, 0.3) is 0 Å². The number of aromatic carboxylic acids is 1. The number of carboxylic acid groups (broad SMARTS) is 1. The molecule has 0 atom stereocenters. The van der Waals surface area contributed by atoms with Crippen molar-refractivity contribution in [1.29, 1.82) is 0 Å². The van der Waals surface area contributed by atoms with E-state index in [1.165, 1.54) is 12.1 Å². The Balaban J connectivity index is 1.82. The molecule has 0 heterocycles. The van der Waals surface area contributed by atoms with E-state index in [0.29, 0.717) is 11.3 Å². The number of urea groups is 1. The third-order valence-electron chi connectivity index (χ3n) is 3.07. The topological polar surface area (TPSA) is 108 Å². The molecule has 2 rings (SSSR count). The maximum atomic E-state index is 11.6. The molecule has 7 nitrogen and oxygen atoms in total. The number of amides is 3. The zero-order chi connectivity index (χ0) is 15.4. The number of benzene rings is 1. The van der Waals surface area contributed by atoms with E-state index < -0.39 is 12.0 Å². The van der Waals surface area contributed by atoms with Gasteiger partial charge in [-0.25, -0.2) is 9.59 Å². The lowest BCUT2D eigenvalue weighted by Crippen LogP contribution is -2.39. The minimum Gasteiger partial charge on any atom is -0.478 e. The van der Waals surface area contributed by atoms with E-state index in [4.69, 9.17) is 5.11 Å². The molecule has 1 aromatic carbocycles. The van der Waals surface area contributed by atoms with Crippen LogP contribution < -0.4 is 16.0 Å². The molecular formula is C14H17N3O4. The molecule has 112 valence electrons. The van der Waals surface area contributed by atoms with Gasteiger partial charge in [-0.15, -0.1) is 0 Å². The summed E-state index contributed by atoms with van der Waals surface area (Å²) in [7, 11) is 0. The van der Waals surface area contributed by atoms with Crippen molar-refractivity contribution in [2.24, 2.45) is 0 Å². The fourth-order valence-corrected chi connectivity index (χ4v) is 1.82. The van der Waals surface area contributed by atoms with Gasteiger partial charge in [0.05, 0.1) is 12.1 Å². The maximum Gasteiger partial charge on any atom is 0.335 e. The number of carboxylic acids is 1. The summed E-state index contributed by atoms with van der Waals surface area (Å²) < 4.78 is 0. The molecule has 1 fully saturated rings. The fraction of sp³-hybridized carbons (Fsp3) is 0.357. The molecule has 1 aliphatic rings. The Morgan fingerprint density at radius 2 is 2.00 bits per heavy atom. The molecule has 0 spiro atoms. The molecule has 1 aromatic rings. The second-order valence-electron chi connectivity index (χ2n) is 4.98. The van der Waals surface area contributed by atoms with Crippen LogP contribution in [0.4, 0.5) is 10.5 Å². The summed E-state index contributed by atoms with van der Waals surface area (Å²) in [6.45, 7) is 1.56. The largest absolute Gasteiger partial charge is 0.478 e. The van der Waals surface area contributed by atoms with E-state index in [0.717, 1.165) is 12.8 Å². The van der Waals surface area contributed by atoms with Crippen LogP contribution in [-0.2, 0) is 4.79 Å². The number of aryl methyl sites for hydroxylation is 1. The van der Waals surface area contributed by atoms with Gasteiger partial charge in [0.2, 0.25) is 5.91 Å². The van der Waals surface area contributed by atoms with E-state index in [9.17, 15) is 14.4 Å². The number of carbonyl (C=O) groups is 3. The number of rotatable bonds is 5. The van der Waals surface area contributed by atoms with Gasteiger partial charge in [-0.1, -0.05) is 0 Å². The lowest BCUT2D eigenvalue weighted by atomic mass is 10.1. The van der Waals surface area contributed by atoms with Crippen LogP contribution in [0.15, 0.2) is 18.2 Å². The summed E-state index contributed by atoms with van der Waals surface area (Å²) >= 11 is 0. The summed E-state index contributed by atoms with van der Waals surface area (Å²) in [6, 6.07) is 4.23. The van der Waals surface area contributed by atoms with E-state index in [-0.39, 0.29) is 24.1 Å². The molecule has 0 bridgehead atoms. The maximum absolute atomic E-state index is 11.6. The van der Waals surface area contributed by atoms with Gasteiger partial charge in [0, 0.05) is 11.7 Å². The Morgan fingerprint density at radius 3 is 2.57 bits per heavy atom. The van der Waals surface area contributed by atoms with Crippen LogP contribution in [0, 0.1) is 6.92 Å². The third kappa shape index (κ3) is 4.48. The molecule has 4 N–H and O–H groups in total. The molecule has 1 saturated carbocycles. The van der Waals surface area contributed by atoms with Crippen LogP contribution in [0.2, 0.25) is 0 Å². The van der Waals surface area contributed by atoms with Crippen molar-refractivity contribution in [3.8, 4) is 0 Å². The second-order valence-corrected chi connectivity index (χ2v) is 4.98. The molecule has 0 aromatic heterocycles. The van der Waals surface area contributed by atoms with Gasteiger partial charge < -0.3 is 21.1 Å². The molecule has 0 aliphatic heterocycles. The van der Waals surface area contributed by atoms with Gasteiger partial charge >= 0.3 is 12.0 Å². The van der Waals surface area contributed by atoms with Crippen LogP contribution in [0.25, 0.3) is 0 Å². The van der Waals surface area contributed by atoms with Gasteiger partial charge in [-0.05, 0) is 43.5 Å². The van der Waals surface area contributed by atoms with Crippen molar-refractivity contribution in [3.63, 3.8) is 0 Å². The molecule has 0 unspecified atom stereocenters. The van der Waals surface area contributed by atoms with Gasteiger partial charge in [0.1, 0.15) is 0 Å². The molecule has 1 aliphatic carbocycles. The number of nitrogens with one attached hydrogen (secondary N) is 3. The average Bonchev–Trinajstić information content (AvgIpc) is 3.20. The predicted octanol–water partition coefficient (Wildman–Crippen LogP) is 1.09. The number of anilines is 1. The van der Waals surface area contributed by atoms with E-state index in [1.54, 1.807) is 13.0 Å². The minimum atomic E-state index is -1.01. The molecule has 3 amide bonds. The van der Waals surface area contributed by atoms with E-state index in [1.807, 2.05) is 0 Å². The number of hydrogen-bond donors (Lipinski definition) is 4.